The zero-order chi connectivity index (χ0) is 13.7. The highest BCUT2D eigenvalue weighted by Gasteiger charge is 2.18. The van der Waals surface area contributed by atoms with Crippen molar-refractivity contribution >= 4 is 5.91 Å². The molecule has 1 unspecified atom stereocenters. The number of nitrogens with one attached hydrogen (secondary N) is 1. The number of nitrogens with zero attached hydrogens (tertiary/aromatic N) is 2. The number of amides is 1. The van der Waals surface area contributed by atoms with Gasteiger partial charge in [0.2, 0.25) is 5.91 Å². The van der Waals surface area contributed by atoms with Gasteiger partial charge in [0, 0.05) is 19.6 Å². The third-order valence-corrected chi connectivity index (χ3v) is 3.50. The molecule has 5 heteroatoms. The molecule has 106 valence electrons. The number of rotatable bonds is 6. The first-order chi connectivity index (χ1) is 9.15. The fraction of sp³-hybridized carbons (Fsp3) is 0.643. The Bertz CT molecular complexity index is 385. The van der Waals surface area contributed by atoms with Crippen LogP contribution in [0.25, 0.3) is 0 Å². The molecular formula is C14H23N3O2. The molecule has 1 fully saturated rings. The van der Waals surface area contributed by atoms with Crippen LogP contribution in [-0.4, -0.2) is 55.5 Å². The van der Waals surface area contributed by atoms with E-state index >= 15 is 0 Å². The Morgan fingerprint density at radius 1 is 1.53 bits per heavy atom. The van der Waals surface area contributed by atoms with Crippen LogP contribution < -0.4 is 5.32 Å². The van der Waals surface area contributed by atoms with Crippen molar-refractivity contribution in [3.05, 3.63) is 24.2 Å². The van der Waals surface area contributed by atoms with Gasteiger partial charge in [-0.1, -0.05) is 0 Å². The second-order valence-corrected chi connectivity index (χ2v) is 5.32. The minimum absolute atomic E-state index is 0.122. The first-order valence-electron chi connectivity index (χ1n) is 6.83. The molecule has 0 aliphatic carbocycles. The van der Waals surface area contributed by atoms with Gasteiger partial charge in [-0.3, -0.25) is 9.69 Å². The van der Waals surface area contributed by atoms with Gasteiger partial charge in [0.1, 0.15) is 5.76 Å². The molecular weight excluding hydrogens is 242 g/mol. The highest BCUT2D eigenvalue weighted by Crippen LogP contribution is 2.07. The summed E-state index contributed by atoms with van der Waals surface area (Å²) in [6.07, 6.45) is 4.08. The Balaban J connectivity index is 1.72. The zero-order valence-electron chi connectivity index (χ0n) is 11.8. The topological polar surface area (TPSA) is 48.7 Å². The molecule has 1 aromatic rings. The van der Waals surface area contributed by atoms with E-state index in [2.05, 4.69) is 10.2 Å². The molecule has 1 aliphatic rings. The van der Waals surface area contributed by atoms with E-state index in [9.17, 15) is 4.79 Å². The Hall–Kier alpha value is -1.33. The Kier molecular flexibility index (Phi) is 4.99. The first kappa shape index (κ1) is 14.1. The van der Waals surface area contributed by atoms with Crippen LogP contribution in [0.5, 0.6) is 0 Å². The quantitative estimate of drug-likeness (QED) is 0.831. The number of hydrogen-bond acceptors (Lipinski definition) is 4. The van der Waals surface area contributed by atoms with Crippen LogP contribution in [0.2, 0.25) is 0 Å². The average Bonchev–Trinajstić information content (AvgIpc) is 3.01. The van der Waals surface area contributed by atoms with Crippen LogP contribution in [0, 0.1) is 0 Å². The fourth-order valence-electron chi connectivity index (χ4n) is 2.43. The van der Waals surface area contributed by atoms with Crippen molar-refractivity contribution in [3.63, 3.8) is 0 Å². The van der Waals surface area contributed by atoms with Crippen LogP contribution in [0.3, 0.4) is 0 Å². The fourth-order valence-corrected chi connectivity index (χ4v) is 2.43. The monoisotopic (exact) mass is 265 g/mol. The summed E-state index contributed by atoms with van der Waals surface area (Å²) in [7, 11) is 3.81. The number of carbonyl (C=O) groups excluding carboxylic acids is 1. The summed E-state index contributed by atoms with van der Waals surface area (Å²) in [5, 5.41) is 3.44. The first-order valence-corrected chi connectivity index (χ1v) is 6.83. The average molecular weight is 265 g/mol. The van der Waals surface area contributed by atoms with Crippen LogP contribution in [0.1, 0.15) is 18.6 Å². The van der Waals surface area contributed by atoms with Crippen molar-refractivity contribution in [2.24, 2.45) is 0 Å². The summed E-state index contributed by atoms with van der Waals surface area (Å²) in [6, 6.07) is 4.26. The van der Waals surface area contributed by atoms with Gasteiger partial charge >= 0.3 is 0 Å². The van der Waals surface area contributed by atoms with E-state index in [1.807, 2.05) is 26.2 Å². The van der Waals surface area contributed by atoms with E-state index in [1.165, 1.54) is 12.8 Å². The maximum absolute atomic E-state index is 12.1. The lowest BCUT2D eigenvalue weighted by Gasteiger charge is -2.23. The van der Waals surface area contributed by atoms with Crippen LogP contribution >= 0.6 is 0 Å². The minimum atomic E-state index is 0.122. The summed E-state index contributed by atoms with van der Waals surface area (Å²) in [6.45, 7) is 3.02. The normalized spacial score (nSPS) is 19.0. The number of furan rings is 1. The van der Waals surface area contributed by atoms with Crippen molar-refractivity contribution in [2.45, 2.75) is 25.4 Å². The van der Waals surface area contributed by atoms with Gasteiger partial charge in [-0.15, -0.1) is 0 Å². The third-order valence-electron chi connectivity index (χ3n) is 3.50. The molecule has 0 bridgehead atoms. The summed E-state index contributed by atoms with van der Waals surface area (Å²) >= 11 is 0. The van der Waals surface area contributed by atoms with Gasteiger partial charge in [0.05, 0.1) is 19.4 Å². The van der Waals surface area contributed by atoms with E-state index in [0.717, 1.165) is 18.8 Å². The second kappa shape index (κ2) is 6.73. The predicted molar refractivity (Wildman–Crippen MR) is 73.7 cm³/mol. The van der Waals surface area contributed by atoms with Gasteiger partial charge in [-0.05, 0) is 38.6 Å². The van der Waals surface area contributed by atoms with Gasteiger partial charge in [0.25, 0.3) is 0 Å². The zero-order valence-corrected chi connectivity index (χ0v) is 11.8. The predicted octanol–water partition coefficient (Wildman–Crippen LogP) is 0.922. The summed E-state index contributed by atoms with van der Waals surface area (Å²) in [5.41, 5.74) is 0. The lowest BCUT2D eigenvalue weighted by molar-refractivity contribution is -0.131. The van der Waals surface area contributed by atoms with Crippen molar-refractivity contribution in [1.82, 2.24) is 15.1 Å². The van der Waals surface area contributed by atoms with Gasteiger partial charge in [0.15, 0.2) is 0 Å². The standard InChI is InChI=1S/C14H23N3O2/c1-16(9-12-5-3-7-15-12)11-14(18)17(2)10-13-6-4-8-19-13/h4,6,8,12,15H,3,5,7,9-11H2,1-2H3. The number of carbonyl (C=O) groups is 1. The van der Waals surface area contributed by atoms with Crippen molar-refractivity contribution in [1.29, 1.82) is 0 Å². The maximum Gasteiger partial charge on any atom is 0.236 e. The lowest BCUT2D eigenvalue weighted by Crippen LogP contribution is -2.41. The van der Waals surface area contributed by atoms with Crippen LogP contribution in [0.15, 0.2) is 22.8 Å². The smallest absolute Gasteiger partial charge is 0.236 e. The molecule has 0 saturated carbocycles. The SMILES string of the molecule is CN(CC(=O)N(C)Cc1ccco1)CC1CCCN1. The molecule has 1 atom stereocenters. The molecule has 1 aromatic heterocycles. The van der Waals surface area contributed by atoms with Gasteiger partial charge in [-0.2, -0.15) is 0 Å². The van der Waals surface area contributed by atoms with E-state index in [4.69, 9.17) is 4.42 Å². The Labute approximate surface area is 114 Å². The minimum Gasteiger partial charge on any atom is -0.467 e. The molecule has 2 heterocycles. The molecule has 1 saturated heterocycles. The highest BCUT2D eigenvalue weighted by molar-refractivity contribution is 5.77. The molecule has 0 radical (unpaired) electrons. The van der Waals surface area contributed by atoms with Crippen molar-refractivity contribution in [2.75, 3.05) is 33.7 Å². The largest absolute Gasteiger partial charge is 0.467 e. The molecule has 19 heavy (non-hydrogen) atoms. The van der Waals surface area contributed by atoms with Crippen molar-refractivity contribution in [3.8, 4) is 0 Å². The summed E-state index contributed by atoms with van der Waals surface area (Å²) in [5.74, 6) is 0.938. The van der Waals surface area contributed by atoms with E-state index in [1.54, 1.807) is 11.2 Å². The summed E-state index contributed by atoms with van der Waals surface area (Å²) in [4.78, 5) is 15.9. The molecule has 0 spiro atoms. The van der Waals surface area contributed by atoms with Gasteiger partial charge in [-0.25, -0.2) is 0 Å². The molecule has 1 aliphatic heterocycles. The number of likely N-dealkylation sites (N-methyl/N-ethyl adjacent to an activating group) is 2. The Morgan fingerprint density at radius 3 is 3.00 bits per heavy atom. The molecule has 1 N–H and O–H groups in total. The second-order valence-electron chi connectivity index (χ2n) is 5.32. The van der Waals surface area contributed by atoms with Crippen LogP contribution in [-0.2, 0) is 11.3 Å². The highest BCUT2D eigenvalue weighted by atomic mass is 16.3. The third kappa shape index (κ3) is 4.36. The lowest BCUT2D eigenvalue weighted by atomic mass is 10.2. The van der Waals surface area contributed by atoms with Gasteiger partial charge < -0.3 is 14.6 Å². The van der Waals surface area contributed by atoms with Crippen LogP contribution in [0.4, 0.5) is 0 Å². The van der Waals surface area contributed by atoms with E-state index in [-0.39, 0.29) is 5.91 Å². The molecule has 0 aromatic carbocycles. The summed E-state index contributed by atoms with van der Waals surface area (Å²) < 4.78 is 5.25. The number of hydrogen-bond donors (Lipinski definition) is 1. The van der Waals surface area contributed by atoms with E-state index in [0.29, 0.717) is 19.1 Å². The molecule has 5 nitrogen and oxygen atoms in total. The van der Waals surface area contributed by atoms with E-state index < -0.39 is 0 Å². The van der Waals surface area contributed by atoms with Crippen molar-refractivity contribution < 1.29 is 9.21 Å². The maximum atomic E-state index is 12.1. The Morgan fingerprint density at radius 2 is 2.37 bits per heavy atom. The molecule has 2 rings (SSSR count). The molecule has 1 amide bonds.